The van der Waals surface area contributed by atoms with Crippen LogP contribution in [0.25, 0.3) is 0 Å². The van der Waals surface area contributed by atoms with Crippen LogP contribution in [0, 0.1) is 11.7 Å². The summed E-state index contributed by atoms with van der Waals surface area (Å²) >= 11 is 0. The van der Waals surface area contributed by atoms with Crippen molar-refractivity contribution in [1.29, 1.82) is 0 Å². The van der Waals surface area contributed by atoms with Crippen molar-refractivity contribution in [2.24, 2.45) is 5.92 Å². The van der Waals surface area contributed by atoms with E-state index >= 15 is 0 Å². The molecule has 0 radical (unpaired) electrons. The highest BCUT2D eigenvalue weighted by atomic mass is 19.1. The molecule has 2 aromatic carbocycles. The van der Waals surface area contributed by atoms with Gasteiger partial charge in [-0.3, -0.25) is 19.2 Å². The van der Waals surface area contributed by atoms with E-state index in [9.17, 15) is 28.4 Å². The highest BCUT2D eigenvalue weighted by Gasteiger charge is 2.27. The van der Waals surface area contributed by atoms with Crippen LogP contribution in [0.5, 0.6) is 0 Å². The summed E-state index contributed by atoms with van der Waals surface area (Å²) in [7, 11) is 0. The number of anilines is 1. The fraction of sp³-hybridized carbons (Fsp3) is 0.321. The van der Waals surface area contributed by atoms with Gasteiger partial charge in [0, 0.05) is 41.4 Å². The Morgan fingerprint density at radius 3 is 2.44 bits per heavy atom. The van der Waals surface area contributed by atoms with Gasteiger partial charge in [0.1, 0.15) is 11.9 Å². The summed E-state index contributed by atoms with van der Waals surface area (Å²) in [6.45, 7) is 3.91. The zero-order valence-corrected chi connectivity index (χ0v) is 21.7. The summed E-state index contributed by atoms with van der Waals surface area (Å²) in [6.07, 6.45) is 3.63. The molecule has 1 fully saturated rings. The number of esters is 1. The molecule has 0 aromatic heterocycles. The van der Waals surface area contributed by atoms with Crippen molar-refractivity contribution >= 4 is 35.3 Å². The number of hydrogen-bond donors (Lipinski definition) is 4. The molecule has 10 nitrogen and oxygen atoms in total. The summed E-state index contributed by atoms with van der Waals surface area (Å²) < 4.78 is 18.3. The van der Waals surface area contributed by atoms with Crippen molar-refractivity contribution in [1.82, 2.24) is 16.0 Å². The molecule has 39 heavy (non-hydrogen) atoms. The van der Waals surface area contributed by atoms with E-state index < -0.39 is 41.6 Å². The molecule has 4 amide bonds. The molecule has 0 aliphatic carbocycles. The number of benzene rings is 2. The smallest absolute Gasteiger partial charge is 0.330 e. The first kappa shape index (κ1) is 29.0. The molecular formula is C28H31FN4O6. The van der Waals surface area contributed by atoms with Crippen LogP contribution >= 0.6 is 0 Å². The third kappa shape index (κ3) is 8.77. The monoisotopic (exact) mass is 538 g/mol. The molecule has 0 bridgehead atoms. The van der Waals surface area contributed by atoms with Crippen LogP contribution in [0.15, 0.2) is 60.7 Å². The standard InChI is InChI=1S/C28H31FN4O6/c1-3-39-24(34)11-10-23(16-20-12-13-30-26(20)36)33-28(38)19-7-5-9-22(15-19)32-25(35)17(2)31-27(37)18-6-4-8-21(29)14-18/h4-11,14-15,17,20,23H,3,12-13,16H2,1-2H3,(H,30,36)(H,31,37)(H,32,35)(H,33,38)/b11-10+/t17-,20?,23-/m1/s1. The van der Waals surface area contributed by atoms with Gasteiger partial charge >= 0.3 is 5.97 Å². The summed E-state index contributed by atoms with van der Waals surface area (Å²) in [5.41, 5.74) is 0.623. The zero-order valence-electron chi connectivity index (χ0n) is 21.7. The van der Waals surface area contributed by atoms with Crippen LogP contribution in [0.2, 0.25) is 0 Å². The summed E-state index contributed by atoms with van der Waals surface area (Å²) in [5, 5.41) is 10.7. The second kappa shape index (κ2) is 13.8. The second-order valence-corrected chi connectivity index (χ2v) is 8.98. The molecule has 1 aliphatic rings. The maximum absolute atomic E-state index is 13.4. The first-order chi connectivity index (χ1) is 18.7. The summed E-state index contributed by atoms with van der Waals surface area (Å²) in [4.78, 5) is 61.8. The third-order valence-corrected chi connectivity index (χ3v) is 5.99. The van der Waals surface area contributed by atoms with Crippen LogP contribution in [-0.2, 0) is 19.1 Å². The minimum Gasteiger partial charge on any atom is -0.463 e. The Labute approximate surface area is 225 Å². The molecule has 3 atom stereocenters. The van der Waals surface area contributed by atoms with Gasteiger partial charge in [-0.05, 0) is 63.1 Å². The number of carbonyl (C=O) groups is 5. The van der Waals surface area contributed by atoms with Gasteiger partial charge < -0.3 is 26.0 Å². The molecule has 206 valence electrons. The van der Waals surface area contributed by atoms with E-state index in [-0.39, 0.29) is 29.6 Å². The van der Waals surface area contributed by atoms with Crippen molar-refractivity contribution in [2.45, 2.75) is 38.8 Å². The molecule has 0 saturated carbocycles. The minimum absolute atomic E-state index is 0.0787. The summed E-state index contributed by atoms with van der Waals surface area (Å²) in [6, 6.07) is 9.70. The number of hydrogen-bond acceptors (Lipinski definition) is 6. The van der Waals surface area contributed by atoms with E-state index in [2.05, 4.69) is 21.3 Å². The molecule has 3 rings (SSSR count). The average Bonchev–Trinajstić information content (AvgIpc) is 3.31. The Hall–Kier alpha value is -4.54. The van der Waals surface area contributed by atoms with Crippen molar-refractivity contribution in [3.05, 3.63) is 77.6 Å². The second-order valence-electron chi connectivity index (χ2n) is 8.98. The first-order valence-electron chi connectivity index (χ1n) is 12.6. The largest absolute Gasteiger partial charge is 0.463 e. The topological polar surface area (TPSA) is 143 Å². The van der Waals surface area contributed by atoms with E-state index in [1.54, 1.807) is 25.1 Å². The molecule has 2 aromatic rings. The predicted octanol–water partition coefficient (Wildman–Crippen LogP) is 2.33. The number of amides is 4. The molecular weight excluding hydrogens is 507 g/mol. The molecule has 0 spiro atoms. The number of rotatable bonds is 11. The average molecular weight is 539 g/mol. The van der Waals surface area contributed by atoms with Crippen molar-refractivity contribution < 1.29 is 33.1 Å². The van der Waals surface area contributed by atoms with Gasteiger partial charge in [-0.15, -0.1) is 0 Å². The van der Waals surface area contributed by atoms with Crippen LogP contribution in [0.1, 0.15) is 47.4 Å². The van der Waals surface area contributed by atoms with Gasteiger partial charge in [-0.2, -0.15) is 0 Å². The van der Waals surface area contributed by atoms with E-state index in [0.717, 1.165) is 6.07 Å². The normalized spacial score (nSPS) is 16.2. The third-order valence-electron chi connectivity index (χ3n) is 5.99. The highest BCUT2D eigenvalue weighted by Crippen LogP contribution is 2.18. The molecule has 1 aliphatic heterocycles. The lowest BCUT2D eigenvalue weighted by Gasteiger charge is -2.18. The van der Waals surface area contributed by atoms with Crippen LogP contribution in [0.3, 0.4) is 0 Å². The number of halogens is 1. The SMILES string of the molecule is CCOC(=O)/C=C/[C@H](CC1CCNC1=O)NC(=O)c1cccc(NC(=O)[C@@H](C)NC(=O)c2cccc(F)c2)c1. The van der Waals surface area contributed by atoms with Crippen LogP contribution < -0.4 is 21.3 Å². The lowest BCUT2D eigenvalue weighted by Crippen LogP contribution is -2.41. The maximum atomic E-state index is 13.4. The summed E-state index contributed by atoms with van der Waals surface area (Å²) in [5.74, 6) is -3.17. The Kier molecular flexibility index (Phi) is 10.3. The number of carbonyl (C=O) groups excluding carboxylic acids is 5. The fourth-order valence-electron chi connectivity index (χ4n) is 3.96. The van der Waals surface area contributed by atoms with E-state index in [0.29, 0.717) is 25.1 Å². The van der Waals surface area contributed by atoms with Gasteiger partial charge in [0.05, 0.1) is 6.61 Å². The fourth-order valence-corrected chi connectivity index (χ4v) is 3.96. The Bertz CT molecular complexity index is 1260. The van der Waals surface area contributed by atoms with Crippen LogP contribution in [-0.4, -0.2) is 54.8 Å². The Morgan fingerprint density at radius 2 is 1.77 bits per heavy atom. The van der Waals surface area contributed by atoms with Gasteiger partial charge in [-0.25, -0.2) is 9.18 Å². The molecule has 11 heteroatoms. The van der Waals surface area contributed by atoms with Crippen LogP contribution in [0.4, 0.5) is 10.1 Å². The lowest BCUT2D eigenvalue weighted by molar-refractivity contribution is -0.137. The molecule has 1 saturated heterocycles. The first-order valence-corrected chi connectivity index (χ1v) is 12.6. The van der Waals surface area contributed by atoms with E-state index in [1.165, 1.54) is 43.3 Å². The Balaban J connectivity index is 1.64. The van der Waals surface area contributed by atoms with Gasteiger partial charge in [0.15, 0.2) is 0 Å². The number of ether oxygens (including phenoxy) is 1. The predicted molar refractivity (Wildman–Crippen MR) is 141 cm³/mol. The zero-order chi connectivity index (χ0) is 28.4. The minimum atomic E-state index is -0.951. The van der Waals surface area contributed by atoms with E-state index in [4.69, 9.17) is 4.74 Å². The van der Waals surface area contributed by atoms with Crippen molar-refractivity contribution in [2.75, 3.05) is 18.5 Å². The van der Waals surface area contributed by atoms with Gasteiger partial charge in [0.25, 0.3) is 11.8 Å². The van der Waals surface area contributed by atoms with E-state index in [1.807, 2.05) is 0 Å². The van der Waals surface area contributed by atoms with Gasteiger partial charge in [0.2, 0.25) is 11.8 Å². The molecule has 1 unspecified atom stereocenters. The lowest BCUT2D eigenvalue weighted by atomic mass is 9.97. The quantitative estimate of drug-likeness (QED) is 0.256. The van der Waals surface area contributed by atoms with Crippen molar-refractivity contribution in [3.8, 4) is 0 Å². The Morgan fingerprint density at radius 1 is 1.08 bits per heavy atom. The maximum Gasteiger partial charge on any atom is 0.330 e. The molecule has 1 heterocycles. The number of nitrogens with one attached hydrogen (secondary N) is 4. The highest BCUT2D eigenvalue weighted by molar-refractivity contribution is 6.02. The molecule has 4 N–H and O–H groups in total. The van der Waals surface area contributed by atoms with Gasteiger partial charge in [-0.1, -0.05) is 18.2 Å². The van der Waals surface area contributed by atoms with Crippen molar-refractivity contribution in [3.63, 3.8) is 0 Å².